The van der Waals surface area contributed by atoms with Gasteiger partial charge in [-0.3, -0.25) is 14.5 Å². The zero-order valence-electron chi connectivity index (χ0n) is 15.0. The fourth-order valence-corrected chi connectivity index (χ4v) is 4.16. The number of benzene rings is 2. The summed E-state index contributed by atoms with van der Waals surface area (Å²) in [6.07, 6.45) is 1.87. The number of rotatable bonds is 3. The molecule has 2 aromatic carbocycles. The molecule has 0 saturated carbocycles. The Bertz CT molecular complexity index is 853. The molecule has 2 aliphatic rings. The second-order valence-electron chi connectivity index (χ2n) is 7.19. The molecule has 1 saturated heterocycles. The van der Waals surface area contributed by atoms with Gasteiger partial charge in [0.05, 0.1) is 17.3 Å². The standard InChI is InChI=1S/C21H22BrN3O2/c22-17-9-7-15(8-10-17)12-24-11-3-4-16(13-24)21(27)25-14-20(26)23-18-5-1-2-6-19(18)25/h1-2,5-10,16H,3-4,11-14H2,(H,23,26). The third-order valence-electron chi connectivity index (χ3n) is 5.21. The lowest BCUT2D eigenvalue weighted by molar-refractivity contribution is -0.126. The lowest BCUT2D eigenvalue weighted by atomic mass is 9.95. The first-order valence-electron chi connectivity index (χ1n) is 9.27. The zero-order valence-corrected chi connectivity index (χ0v) is 16.6. The lowest BCUT2D eigenvalue weighted by Gasteiger charge is -2.36. The van der Waals surface area contributed by atoms with Gasteiger partial charge < -0.3 is 10.2 Å². The number of anilines is 2. The smallest absolute Gasteiger partial charge is 0.244 e. The summed E-state index contributed by atoms with van der Waals surface area (Å²) in [4.78, 5) is 29.2. The monoisotopic (exact) mass is 427 g/mol. The Labute approximate surface area is 167 Å². The summed E-state index contributed by atoms with van der Waals surface area (Å²) in [6.45, 7) is 2.67. The van der Waals surface area contributed by atoms with E-state index in [1.807, 2.05) is 36.4 Å². The van der Waals surface area contributed by atoms with Crippen molar-refractivity contribution in [2.24, 2.45) is 5.92 Å². The van der Waals surface area contributed by atoms with Crippen LogP contribution in [0.5, 0.6) is 0 Å². The summed E-state index contributed by atoms with van der Waals surface area (Å²) in [6, 6.07) is 15.8. The van der Waals surface area contributed by atoms with E-state index in [0.29, 0.717) is 5.69 Å². The third-order valence-corrected chi connectivity index (χ3v) is 5.74. The first kappa shape index (κ1) is 18.2. The van der Waals surface area contributed by atoms with Gasteiger partial charge in [-0.1, -0.05) is 40.2 Å². The summed E-state index contributed by atoms with van der Waals surface area (Å²) in [7, 11) is 0. The molecule has 0 aliphatic carbocycles. The van der Waals surface area contributed by atoms with Crippen LogP contribution < -0.4 is 10.2 Å². The molecule has 27 heavy (non-hydrogen) atoms. The van der Waals surface area contributed by atoms with Crippen molar-refractivity contribution in [1.29, 1.82) is 0 Å². The van der Waals surface area contributed by atoms with E-state index in [0.717, 1.165) is 42.6 Å². The summed E-state index contributed by atoms with van der Waals surface area (Å²) in [5.74, 6) is -0.157. The fourth-order valence-electron chi connectivity index (χ4n) is 3.90. The number of likely N-dealkylation sites (tertiary alicyclic amines) is 1. The van der Waals surface area contributed by atoms with Crippen LogP contribution in [0.2, 0.25) is 0 Å². The molecule has 2 aliphatic heterocycles. The molecule has 0 aromatic heterocycles. The van der Waals surface area contributed by atoms with Crippen molar-refractivity contribution in [2.75, 3.05) is 29.9 Å². The van der Waals surface area contributed by atoms with E-state index in [1.165, 1.54) is 5.56 Å². The lowest BCUT2D eigenvalue weighted by Crippen LogP contribution is -2.48. The molecule has 2 amide bonds. The van der Waals surface area contributed by atoms with Gasteiger partial charge in [0.2, 0.25) is 11.8 Å². The molecule has 140 valence electrons. The maximum atomic E-state index is 13.2. The highest BCUT2D eigenvalue weighted by atomic mass is 79.9. The number of halogens is 1. The normalized spacial score (nSPS) is 20.1. The Balaban J connectivity index is 1.47. The number of para-hydroxylation sites is 2. The minimum absolute atomic E-state index is 0.0535. The van der Waals surface area contributed by atoms with Crippen molar-refractivity contribution in [2.45, 2.75) is 19.4 Å². The quantitative estimate of drug-likeness (QED) is 0.812. The second kappa shape index (κ2) is 7.82. The first-order chi connectivity index (χ1) is 13.1. The van der Waals surface area contributed by atoms with Crippen molar-refractivity contribution in [3.8, 4) is 0 Å². The topological polar surface area (TPSA) is 52.7 Å². The fraction of sp³-hybridized carbons (Fsp3) is 0.333. The second-order valence-corrected chi connectivity index (χ2v) is 8.11. The number of hydrogen-bond acceptors (Lipinski definition) is 3. The van der Waals surface area contributed by atoms with Crippen LogP contribution in [0.4, 0.5) is 11.4 Å². The van der Waals surface area contributed by atoms with Crippen LogP contribution in [0, 0.1) is 5.92 Å². The minimum Gasteiger partial charge on any atom is -0.323 e. The van der Waals surface area contributed by atoms with Crippen LogP contribution in [-0.4, -0.2) is 36.3 Å². The highest BCUT2D eigenvalue weighted by Gasteiger charge is 2.33. The number of hydrogen-bond donors (Lipinski definition) is 1. The van der Waals surface area contributed by atoms with Gasteiger partial charge in [0.15, 0.2) is 0 Å². The van der Waals surface area contributed by atoms with Gasteiger partial charge in [0, 0.05) is 17.6 Å². The average Bonchev–Trinajstić information content (AvgIpc) is 2.69. The van der Waals surface area contributed by atoms with Gasteiger partial charge in [0.1, 0.15) is 6.54 Å². The van der Waals surface area contributed by atoms with Crippen LogP contribution >= 0.6 is 15.9 Å². The average molecular weight is 428 g/mol. The Morgan fingerprint density at radius 2 is 1.93 bits per heavy atom. The van der Waals surface area contributed by atoms with E-state index >= 15 is 0 Å². The Morgan fingerprint density at radius 3 is 2.74 bits per heavy atom. The SMILES string of the molecule is O=C1CN(C(=O)C2CCCN(Cc3ccc(Br)cc3)C2)c2ccccc2N1. The molecule has 0 bridgehead atoms. The molecule has 2 aromatic rings. The first-order valence-corrected chi connectivity index (χ1v) is 10.1. The number of carbonyl (C=O) groups is 2. The Kier molecular flexibility index (Phi) is 5.27. The molecule has 1 fully saturated rings. The predicted octanol–water partition coefficient (Wildman–Crippen LogP) is 3.65. The van der Waals surface area contributed by atoms with E-state index in [1.54, 1.807) is 4.90 Å². The predicted molar refractivity (Wildman–Crippen MR) is 110 cm³/mol. The molecule has 1 N–H and O–H groups in total. The number of carbonyl (C=O) groups excluding carboxylic acids is 2. The molecule has 1 unspecified atom stereocenters. The van der Waals surface area contributed by atoms with Crippen molar-refractivity contribution in [3.63, 3.8) is 0 Å². The van der Waals surface area contributed by atoms with E-state index in [9.17, 15) is 9.59 Å². The molecule has 6 heteroatoms. The number of nitrogens with one attached hydrogen (secondary N) is 1. The maximum Gasteiger partial charge on any atom is 0.244 e. The van der Waals surface area contributed by atoms with Gasteiger partial charge in [-0.15, -0.1) is 0 Å². The van der Waals surface area contributed by atoms with E-state index in [-0.39, 0.29) is 24.3 Å². The van der Waals surface area contributed by atoms with E-state index in [2.05, 4.69) is 38.3 Å². The Morgan fingerprint density at radius 1 is 1.15 bits per heavy atom. The number of piperidine rings is 1. The van der Waals surface area contributed by atoms with Crippen LogP contribution in [-0.2, 0) is 16.1 Å². The largest absolute Gasteiger partial charge is 0.323 e. The maximum absolute atomic E-state index is 13.2. The summed E-state index contributed by atoms with van der Waals surface area (Å²) in [5, 5.41) is 2.85. The molecule has 0 radical (unpaired) electrons. The van der Waals surface area contributed by atoms with Gasteiger partial charge in [-0.2, -0.15) is 0 Å². The molecular formula is C21H22BrN3O2. The summed E-state index contributed by atoms with van der Waals surface area (Å²) < 4.78 is 1.07. The molecular weight excluding hydrogens is 406 g/mol. The number of nitrogens with zero attached hydrogens (tertiary/aromatic N) is 2. The van der Waals surface area contributed by atoms with Crippen LogP contribution in [0.25, 0.3) is 0 Å². The van der Waals surface area contributed by atoms with Crippen molar-refractivity contribution in [1.82, 2.24) is 4.90 Å². The van der Waals surface area contributed by atoms with E-state index < -0.39 is 0 Å². The Hall–Kier alpha value is -2.18. The van der Waals surface area contributed by atoms with Crippen LogP contribution in [0.15, 0.2) is 53.0 Å². The van der Waals surface area contributed by atoms with Gasteiger partial charge in [-0.05, 0) is 49.2 Å². The zero-order chi connectivity index (χ0) is 18.8. The highest BCUT2D eigenvalue weighted by molar-refractivity contribution is 9.10. The molecule has 2 heterocycles. The van der Waals surface area contributed by atoms with Crippen molar-refractivity contribution < 1.29 is 9.59 Å². The van der Waals surface area contributed by atoms with Crippen LogP contribution in [0.1, 0.15) is 18.4 Å². The van der Waals surface area contributed by atoms with E-state index in [4.69, 9.17) is 0 Å². The molecule has 1 atom stereocenters. The third kappa shape index (κ3) is 4.06. The highest BCUT2D eigenvalue weighted by Crippen LogP contribution is 2.31. The minimum atomic E-state index is -0.135. The summed E-state index contributed by atoms with van der Waals surface area (Å²) in [5.41, 5.74) is 2.76. The van der Waals surface area contributed by atoms with Crippen molar-refractivity contribution >= 4 is 39.1 Å². The van der Waals surface area contributed by atoms with Crippen molar-refractivity contribution in [3.05, 3.63) is 58.6 Å². The number of amides is 2. The van der Waals surface area contributed by atoms with Gasteiger partial charge in [-0.25, -0.2) is 0 Å². The summed E-state index contributed by atoms with van der Waals surface area (Å²) >= 11 is 3.47. The molecule has 5 nitrogen and oxygen atoms in total. The van der Waals surface area contributed by atoms with Gasteiger partial charge in [0.25, 0.3) is 0 Å². The van der Waals surface area contributed by atoms with Crippen LogP contribution in [0.3, 0.4) is 0 Å². The van der Waals surface area contributed by atoms with Gasteiger partial charge >= 0.3 is 0 Å². The molecule has 4 rings (SSSR count). The number of fused-ring (bicyclic) bond motifs is 1. The molecule has 0 spiro atoms.